The molecule has 0 bridgehead atoms. The minimum absolute atomic E-state index is 0.658. The third-order valence-corrected chi connectivity index (χ3v) is 4.90. The van der Waals surface area contributed by atoms with Crippen molar-refractivity contribution < 1.29 is 0 Å². The summed E-state index contributed by atoms with van der Waals surface area (Å²) in [7, 11) is 0. The second-order valence-corrected chi connectivity index (χ2v) is 7.22. The topological polar surface area (TPSA) is 63.0 Å². The Bertz CT molecular complexity index is 943. The van der Waals surface area contributed by atoms with Crippen LogP contribution in [-0.4, -0.2) is 50.9 Å². The molecule has 0 amide bonds. The van der Waals surface area contributed by atoms with Crippen molar-refractivity contribution in [2.45, 2.75) is 20.8 Å². The van der Waals surface area contributed by atoms with Crippen LogP contribution in [0.3, 0.4) is 0 Å². The molecule has 1 aliphatic rings. The van der Waals surface area contributed by atoms with E-state index in [0.717, 1.165) is 60.8 Å². The molecule has 8 heteroatoms. The molecule has 4 heterocycles. The van der Waals surface area contributed by atoms with E-state index in [1.807, 2.05) is 43.7 Å². The lowest BCUT2D eigenvalue weighted by molar-refractivity contribution is 0.639. The minimum atomic E-state index is 0.658. The number of hydrogen-bond acceptors (Lipinski definition) is 6. The molecule has 3 aromatic rings. The van der Waals surface area contributed by atoms with Crippen LogP contribution >= 0.6 is 11.6 Å². The Morgan fingerprint density at radius 1 is 0.852 bits per heavy atom. The molecule has 140 valence electrons. The quantitative estimate of drug-likeness (QED) is 0.692. The molecule has 3 aromatic heterocycles. The van der Waals surface area contributed by atoms with Crippen molar-refractivity contribution in [3.63, 3.8) is 0 Å². The van der Waals surface area contributed by atoms with Crippen molar-refractivity contribution in [2.24, 2.45) is 0 Å². The fourth-order valence-corrected chi connectivity index (χ4v) is 3.50. The van der Waals surface area contributed by atoms with Crippen LogP contribution in [-0.2, 0) is 0 Å². The van der Waals surface area contributed by atoms with Crippen molar-refractivity contribution in [2.75, 3.05) is 36.0 Å². The highest BCUT2D eigenvalue weighted by molar-refractivity contribution is 6.30. The van der Waals surface area contributed by atoms with E-state index in [9.17, 15) is 0 Å². The maximum absolute atomic E-state index is 5.94. The van der Waals surface area contributed by atoms with Gasteiger partial charge in [-0.1, -0.05) is 11.6 Å². The van der Waals surface area contributed by atoms with Crippen LogP contribution in [0.5, 0.6) is 0 Å². The fraction of sp³-hybridized carbons (Fsp3) is 0.368. The van der Waals surface area contributed by atoms with E-state index in [1.54, 1.807) is 6.20 Å². The zero-order valence-corrected chi connectivity index (χ0v) is 16.5. The van der Waals surface area contributed by atoms with Crippen LogP contribution in [0.4, 0.5) is 11.6 Å². The van der Waals surface area contributed by atoms with Gasteiger partial charge < -0.3 is 9.80 Å². The molecule has 1 saturated heterocycles. The van der Waals surface area contributed by atoms with Crippen LogP contribution in [0.25, 0.3) is 5.82 Å². The van der Waals surface area contributed by atoms with E-state index in [2.05, 4.69) is 35.9 Å². The summed E-state index contributed by atoms with van der Waals surface area (Å²) in [6, 6.07) is 7.91. The maximum atomic E-state index is 5.94. The summed E-state index contributed by atoms with van der Waals surface area (Å²) < 4.78 is 1.88. The van der Waals surface area contributed by atoms with Gasteiger partial charge in [0, 0.05) is 44.1 Å². The average Bonchev–Trinajstić information content (AvgIpc) is 3.00. The van der Waals surface area contributed by atoms with Gasteiger partial charge in [-0.15, -0.1) is 0 Å². The van der Waals surface area contributed by atoms with Crippen molar-refractivity contribution >= 4 is 23.2 Å². The molecule has 1 aliphatic heterocycles. The standard InChI is InChI=1S/C19H22ClN7/c1-13-10-14(2)27(24-13)19-11-18(22-15(3)23-19)26-8-6-25(7-9-26)17-5-4-16(20)12-21-17/h4-5,10-12H,6-9H2,1-3H3. The second-order valence-electron chi connectivity index (χ2n) is 6.78. The predicted molar refractivity (Wildman–Crippen MR) is 107 cm³/mol. The number of rotatable bonds is 3. The third kappa shape index (κ3) is 3.73. The molecule has 0 aromatic carbocycles. The van der Waals surface area contributed by atoms with E-state index in [0.29, 0.717) is 5.02 Å². The largest absolute Gasteiger partial charge is 0.353 e. The van der Waals surface area contributed by atoms with Gasteiger partial charge in [0.2, 0.25) is 0 Å². The summed E-state index contributed by atoms with van der Waals surface area (Å²) in [5.41, 5.74) is 2.05. The van der Waals surface area contributed by atoms with Gasteiger partial charge in [0.15, 0.2) is 5.82 Å². The molecule has 0 N–H and O–H groups in total. The second kappa shape index (κ2) is 7.15. The molecular weight excluding hydrogens is 362 g/mol. The monoisotopic (exact) mass is 383 g/mol. The zero-order chi connectivity index (χ0) is 19.0. The van der Waals surface area contributed by atoms with E-state index >= 15 is 0 Å². The smallest absolute Gasteiger partial charge is 0.159 e. The first kappa shape index (κ1) is 17.7. The Morgan fingerprint density at radius 3 is 2.11 bits per heavy atom. The van der Waals surface area contributed by atoms with Gasteiger partial charge in [-0.3, -0.25) is 0 Å². The maximum Gasteiger partial charge on any atom is 0.159 e. The zero-order valence-electron chi connectivity index (χ0n) is 15.7. The highest BCUT2D eigenvalue weighted by atomic mass is 35.5. The molecule has 1 fully saturated rings. The Morgan fingerprint density at radius 2 is 1.52 bits per heavy atom. The summed E-state index contributed by atoms with van der Waals surface area (Å²) in [6.45, 7) is 9.46. The molecule has 27 heavy (non-hydrogen) atoms. The van der Waals surface area contributed by atoms with E-state index < -0.39 is 0 Å². The number of halogens is 1. The van der Waals surface area contributed by atoms with Gasteiger partial charge in [-0.25, -0.2) is 19.6 Å². The summed E-state index contributed by atoms with van der Waals surface area (Å²) in [5.74, 6) is 3.46. The van der Waals surface area contributed by atoms with Crippen LogP contribution in [0.1, 0.15) is 17.2 Å². The normalized spacial score (nSPS) is 14.7. The number of aromatic nitrogens is 5. The molecule has 0 radical (unpaired) electrons. The van der Waals surface area contributed by atoms with Crippen LogP contribution in [0.15, 0.2) is 30.5 Å². The molecule has 0 unspecified atom stereocenters. The van der Waals surface area contributed by atoms with Gasteiger partial charge in [-0.2, -0.15) is 5.10 Å². The van der Waals surface area contributed by atoms with E-state index in [4.69, 9.17) is 11.6 Å². The number of piperazine rings is 1. The molecule has 4 rings (SSSR count). The Labute approximate surface area is 163 Å². The van der Waals surface area contributed by atoms with Gasteiger partial charge in [0.1, 0.15) is 17.5 Å². The lowest BCUT2D eigenvalue weighted by atomic mass is 10.3. The number of hydrogen-bond donors (Lipinski definition) is 0. The van der Waals surface area contributed by atoms with Gasteiger partial charge in [0.25, 0.3) is 0 Å². The van der Waals surface area contributed by atoms with Crippen LogP contribution in [0.2, 0.25) is 5.02 Å². The van der Waals surface area contributed by atoms with Crippen molar-refractivity contribution in [3.8, 4) is 5.82 Å². The number of nitrogens with zero attached hydrogens (tertiary/aromatic N) is 7. The molecule has 7 nitrogen and oxygen atoms in total. The first-order valence-electron chi connectivity index (χ1n) is 9.00. The molecule has 0 atom stereocenters. The van der Waals surface area contributed by atoms with E-state index in [1.165, 1.54) is 0 Å². The first-order valence-corrected chi connectivity index (χ1v) is 9.38. The van der Waals surface area contributed by atoms with Crippen LogP contribution in [0, 0.1) is 20.8 Å². The third-order valence-electron chi connectivity index (χ3n) is 4.68. The van der Waals surface area contributed by atoms with Crippen molar-refractivity contribution in [3.05, 3.63) is 52.7 Å². The van der Waals surface area contributed by atoms with Gasteiger partial charge in [0.05, 0.1) is 10.7 Å². The number of pyridine rings is 1. The lowest BCUT2D eigenvalue weighted by Crippen LogP contribution is -2.47. The Kier molecular flexibility index (Phi) is 4.70. The summed E-state index contributed by atoms with van der Waals surface area (Å²) in [5, 5.41) is 5.21. The SMILES string of the molecule is Cc1cc(C)n(-c2cc(N3CCN(c4ccc(Cl)cn4)CC3)nc(C)n2)n1. The summed E-state index contributed by atoms with van der Waals surface area (Å²) in [4.78, 5) is 18.2. The van der Waals surface area contributed by atoms with Gasteiger partial charge >= 0.3 is 0 Å². The predicted octanol–water partition coefficient (Wildman–Crippen LogP) is 2.96. The lowest BCUT2D eigenvalue weighted by Gasteiger charge is -2.36. The Hall–Kier alpha value is -2.67. The highest BCUT2D eigenvalue weighted by Crippen LogP contribution is 2.21. The number of aryl methyl sites for hydroxylation is 3. The summed E-state index contributed by atoms with van der Waals surface area (Å²) in [6.07, 6.45) is 1.69. The fourth-order valence-electron chi connectivity index (χ4n) is 3.39. The van der Waals surface area contributed by atoms with Crippen LogP contribution < -0.4 is 9.80 Å². The molecule has 0 aliphatic carbocycles. The van der Waals surface area contributed by atoms with Gasteiger partial charge in [-0.05, 0) is 39.0 Å². The number of anilines is 2. The first-order chi connectivity index (χ1) is 13.0. The van der Waals surface area contributed by atoms with E-state index in [-0.39, 0.29) is 0 Å². The minimum Gasteiger partial charge on any atom is -0.353 e. The molecule has 0 saturated carbocycles. The van der Waals surface area contributed by atoms with Crippen molar-refractivity contribution in [1.29, 1.82) is 0 Å². The molecular formula is C19H22ClN7. The Balaban J connectivity index is 1.53. The molecule has 0 spiro atoms. The summed E-state index contributed by atoms with van der Waals surface area (Å²) >= 11 is 5.94. The highest BCUT2D eigenvalue weighted by Gasteiger charge is 2.20. The average molecular weight is 384 g/mol. The van der Waals surface area contributed by atoms with Crippen molar-refractivity contribution in [1.82, 2.24) is 24.7 Å².